The van der Waals surface area contributed by atoms with Crippen LogP contribution in [0.15, 0.2) is 36.5 Å². The van der Waals surface area contributed by atoms with E-state index in [1.54, 1.807) is 6.07 Å². The monoisotopic (exact) mass is 490 g/mol. The molecule has 184 valence electrons. The van der Waals surface area contributed by atoms with E-state index < -0.39 is 6.09 Å². The molecule has 2 fully saturated rings. The smallest absolute Gasteiger partial charge is 0.404 e. The molecule has 1 aromatic carbocycles. The molecule has 1 saturated carbocycles. The maximum atomic E-state index is 13.6. The first kappa shape index (κ1) is 24.7. The zero-order chi connectivity index (χ0) is 24.5. The molecule has 1 aromatic heterocycles. The van der Waals surface area contributed by atoms with Crippen LogP contribution in [0, 0.1) is 11.2 Å². The van der Waals surface area contributed by atoms with Gasteiger partial charge in [-0.1, -0.05) is 44.5 Å². The molecule has 4 rings (SSSR count). The summed E-state index contributed by atoms with van der Waals surface area (Å²) in [5.74, 6) is 0.299. The Hall–Kier alpha value is -2.45. The van der Waals surface area contributed by atoms with Gasteiger partial charge in [0.25, 0.3) is 0 Å². The van der Waals surface area contributed by atoms with Crippen molar-refractivity contribution < 1.29 is 18.7 Å². The summed E-state index contributed by atoms with van der Waals surface area (Å²) in [5, 5.41) is 8.47. The minimum absolute atomic E-state index is 0.0272. The van der Waals surface area contributed by atoms with Crippen molar-refractivity contribution in [3.63, 3.8) is 0 Å². The van der Waals surface area contributed by atoms with Gasteiger partial charge in [-0.05, 0) is 61.3 Å². The van der Waals surface area contributed by atoms with E-state index in [0.717, 1.165) is 37.8 Å². The highest BCUT2D eigenvalue weighted by atomic mass is 35.5. The quantitative estimate of drug-likeness (QED) is 0.638. The number of hydrogen-bond acceptors (Lipinski definition) is 6. The Morgan fingerprint density at radius 1 is 1.21 bits per heavy atom. The third-order valence-corrected chi connectivity index (χ3v) is 7.09. The number of hydrogen-bond donors (Lipinski definition) is 1. The number of carbonyl (C=O) groups excluding carboxylic acids is 1. The number of primary amides is 1. The SMILES string of the molecule is CC(C)(C)C1[C@H](OC(N)=O)CCCN1C1CC(c2ccc(F)cc2)CC1Oc1cc(Cl)cnn1. The van der Waals surface area contributed by atoms with Crippen LogP contribution in [0.3, 0.4) is 0 Å². The fourth-order valence-electron chi connectivity index (χ4n) is 5.68. The first-order valence-electron chi connectivity index (χ1n) is 11.7. The second-order valence-corrected chi connectivity index (χ2v) is 10.8. The Morgan fingerprint density at radius 2 is 1.94 bits per heavy atom. The van der Waals surface area contributed by atoms with Gasteiger partial charge in [0.2, 0.25) is 5.88 Å². The van der Waals surface area contributed by atoms with Gasteiger partial charge < -0.3 is 15.2 Å². The van der Waals surface area contributed by atoms with Gasteiger partial charge in [-0.2, -0.15) is 5.10 Å². The maximum Gasteiger partial charge on any atom is 0.404 e. The molecule has 0 radical (unpaired) electrons. The minimum atomic E-state index is -0.751. The molecule has 2 N–H and O–H groups in total. The first-order valence-corrected chi connectivity index (χ1v) is 12.1. The third-order valence-electron chi connectivity index (χ3n) is 6.88. The van der Waals surface area contributed by atoms with Crippen LogP contribution in [-0.4, -0.2) is 52.0 Å². The van der Waals surface area contributed by atoms with E-state index in [1.807, 2.05) is 12.1 Å². The number of benzene rings is 1. The van der Waals surface area contributed by atoms with Crippen LogP contribution >= 0.6 is 11.6 Å². The summed E-state index contributed by atoms with van der Waals surface area (Å²) < 4.78 is 25.5. The molecular weight excluding hydrogens is 459 g/mol. The van der Waals surface area contributed by atoms with Gasteiger partial charge in [0.1, 0.15) is 18.0 Å². The summed E-state index contributed by atoms with van der Waals surface area (Å²) in [6.07, 6.45) is 3.42. The number of aromatic nitrogens is 2. The lowest BCUT2D eigenvalue weighted by atomic mass is 9.77. The topological polar surface area (TPSA) is 90.6 Å². The molecule has 5 atom stereocenters. The van der Waals surface area contributed by atoms with Gasteiger partial charge in [0.05, 0.1) is 17.3 Å². The van der Waals surface area contributed by atoms with Crippen molar-refractivity contribution in [3.8, 4) is 5.88 Å². The van der Waals surface area contributed by atoms with Crippen LogP contribution in [0.25, 0.3) is 0 Å². The predicted octanol–water partition coefficient (Wildman–Crippen LogP) is 4.94. The molecule has 0 bridgehead atoms. The number of nitrogens with two attached hydrogens (primary N) is 1. The summed E-state index contributed by atoms with van der Waals surface area (Å²) in [6.45, 7) is 7.30. The summed E-state index contributed by atoms with van der Waals surface area (Å²) >= 11 is 6.12. The lowest BCUT2D eigenvalue weighted by Gasteiger charge is -2.50. The van der Waals surface area contributed by atoms with Crippen molar-refractivity contribution in [1.82, 2.24) is 15.1 Å². The van der Waals surface area contributed by atoms with E-state index in [9.17, 15) is 9.18 Å². The molecule has 2 aliphatic rings. The summed E-state index contributed by atoms with van der Waals surface area (Å²) in [5.41, 5.74) is 6.32. The van der Waals surface area contributed by atoms with Crippen molar-refractivity contribution in [2.45, 2.75) is 76.7 Å². The van der Waals surface area contributed by atoms with E-state index in [-0.39, 0.29) is 41.4 Å². The van der Waals surface area contributed by atoms with E-state index >= 15 is 0 Å². The number of halogens is 2. The molecule has 0 spiro atoms. The van der Waals surface area contributed by atoms with Crippen molar-refractivity contribution >= 4 is 17.7 Å². The molecule has 7 nitrogen and oxygen atoms in total. The van der Waals surface area contributed by atoms with E-state index in [1.165, 1.54) is 18.3 Å². The van der Waals surface area contributed by atoms with Crippen LogP contribution in [0.2, 0.25) is 5.02 Å². The fourth-order valence-corrected chi connectivity index (χ4v) is 5.82. The molecule has 1 aliphatic heterocycles. The molecule has 4 unspecified atom stereocenters. The maximum absolute atomic E-state index is 13.6. The lowest BCUT2D eigenvalue weighted by Crippen LogP contribution is -2.61. The minimum Gasteiger partial charge on any atom is -0.472 e. The van der Waals surface area contributed by atoms with Crippen molar-refractivity contribution in [2.24, 2.45) is 11.1 Å². The molecule has 1 amide bonds. The lowest BCUT2D eigenvalue weighted by molar-refractivity contribution is -0.0780. The zero-order valence-electron chi connectivity index (χ0n) is 19.8. The number of carbonyl (C=O) groups is 1. The van der Waals surface area contributed by atoms with Gasteiger partial charge in [-0.15, -0.1) is 5.10 Å². The van der Waals surface area contributed by atoms with E-state index in [4.69, 9.17) is 26.8 Å². The van der Waals surface area contributed by atoms with Gasteiger partial charge in [0.15, 0.2) is 0 Å². The van der Waals surface area contributed by atoms with Gasteiger partial charge >= 0.3 is 6.09 Å². The molecule has 1 saturated heterocycles. The summed E-state index contributed by atoms with van der Waals surface area (Å²) in [6, 6.07) is 8.33. The fraction of sp³-hybridized carbons (Fsp3) is 0.560. The van der Waals surface area contributed by atoms with Crippen molar-refractivity contribution in [3.05, 3.63) is 52.9 Å². The van der Waals surface area contributed by atoms with E-state index in [2.05, 4.69) is 35.9 Å². The Labute approximate surface area is 204 Å². The average Bonchev–Trinajstić information content (AvgIpc) is 3.16. The molecule has 2 heterocycles. The molecule has 2 aromatic rings. The molecule has 34 heavy (non-hydrogen) atoms. The second kappa shape index (κ2) is 10.0. The Kier molecular flexibility index (Phi) is 7.28. The Morgan fingerprint density at radius 3 is 2.59 bits per heavy atom. The number of nitrogens with zero attached hydrogens (tertiary/aromatic N) is 3. The standard InChI is InChI=1S/C25H32ClFN4O3/c1-25(2,3)23-20(34-24(28)32)5-4-10-31(23)19-11-16(15-6-8-18(27)9-7-15)12-21(19)33-22-13-17(26)14-29-30-22/h6-9,13-14,16,19-21,23H,4-5,10-12H2,1-3H3,(H2,28,32)/t16?,19?,20-,21?,23?/m1/s1. The Balaban J connectivity index is 1.66. The number of amides is 1. The average molecular weight is 491 g/mol. The largest absolute Gasteiger partial charge is 0.472 e. The number of rotatable bonds is 5. The first-order chi connectivity index (χ1) is 16.1. The van der Waals surface area contributed by atoms with E-state index in [0.29, 0.717) is 10.9 Å². The summed E-state index contributed by atoms with van der Waals surface area (Å²) in [4.78, 5) is 14.1. The molecule has 9 heteroatoms. The number of piperidine rings is 1. The van der Waals surface area contributed by atoms with Crippen LogP contribution in [0.4, 0.5) is 9.18 Å². The van der Waals surface area contributed by atoms with Gasteiger partial charge in [-0.25, -0.2) is 9.18 Å². The van der Waals surface area contributed by atoms with Crippen molar-refractivity contribution in [2.75, 3.05) is 6.54 Å². The molecule has 1 aliphatic carbocycles. The molecular formula is C25H32ClFN4O3. The Bertz CT molecular complexity index is 1000. The zero-order valence-corrected chi connectivity index (χ0v) is 20.5. The highest BCUT2D eigenvalue weighted by Gasteiger charge is 2.49. The van der Waals surface area contributed by atoms with Crippen LogP contribution in [0.1, 0.15) is 57.9 Å². The highest BCUT2D eigenvalue weighted by Crippen LogP contribution is 2.44. The second-order valence-electron chi connectivity index (χ2n) is 10.3. The van der Waals surface area contributed by atoms with Crippen LogP contribution < -0.4 is 10.5 Å². The van der Waals surface area contributed by atoms with Crippen LogP contribution in [0.5, 0.6) is 5.88 Å². The van der Waals surface area contributed by atoms with Gasteiger partial charge in [0, 0.05) is 12.1 Å². The van der Waals surface area contributed by atoms with Gasteiger partial charge in [-0.3, -0.25) is 4.90 Å². The predicted molar refractivity (Wildman–Crippen MR) is 127 cm³/mol. The number of likely N-dealkylation sites (tertiary alicyclic amines) is 1. The van der Waals surface area contributed by atoms with Crippen LogP contribution in [-0.2, 0) is 4.74 Å². The third kappa shape index (κ3) is 5.61. The summed E-state index contributed by atoms with van der Waals surface area (Å²) in [7, 11) is 0. The number of ether oxygens (including phenoxy) is 2. The van der Waals surface area contributed by atoms with Crippen molar-refractivity contribution in [1.29, 1.82) is 0 Å². The normalized spacial score (nSPS) is 28.0. The highest BCUT2D eigenvalue weighted by molar-refractivity contribution is 6.30.